The van der Waals surface area contributed by atoms with Crippen LogP contribution in [0.2, 0.25) is 0 Å². The number of benzene rings is 1. The van der Waals surface area contributed by atoms with Gasteiger partial charge in [-0.2, -0.15) is 0 Å². The first kappa shape index (κ1) is 23.5. The molecule has 0 spiro atoms. The largest absolute Gasteiger partial charge is 0.373 e. The van der Waals surface area contributed by atoms with Crippen LogP contribution >= 0.6 is 0 Å². The summed E-state index contributed by atoms with van der Waals surface area (Å²) in [4.78, 5) is 12.8. The standard InChI is InChI=1S/C26H43N5O/c1-4-27-26(28-15-23-11-8-12-29(17-23)16-21(2)3)31-19-24-25(20-31)32-14-13-30(24)18-22-9-6-5-7-10-22/h5-7,9-10,21,23-25H,4,8,11-20H2,1-3H3,(H,27,28). The van der Waals surface area contributed by atoms with Crippen molar-refractivity contribution in [2.45, 2.75) is 52.3 Å². The minimum absolute atomic E-state index is 0.271. The molecule has 1 N–H and O–H groups in total. The molecule has 0 aliphatic carbocycles. The number of guanidine groups is 1. The normalized spacial score (nSPS) is 27.7. The van der Waals surface area contributed by atoms with Crippen molar-refractivity contribution in [1.82, 2.24) is 20.0 Å². The Morgan fingerprint density at radius 1 is 1.16 bits per heavy atom. The molecule has 6 nitrogen and oxygen atoms in total. The van der Waals surface area contributed by atoms with E-state index >= 15 is 0 Å². The third-order valence-electron chi connectivity index (χ3n) is 7.01. The smallest absolute Gasteiger partial charge is 0.194 e. The molecule has 1 aromatic carbocycles. The van der Waals surface area contributed by atoms with E-state index < -0.39 is 0 Å². The number of ether oxygens (including phenoxy) is 1. The van der Waals surface area contributed by atoms with Crippen LogP contribution in [-0.2, 0) is 11.3 Å². The van der Waals surface area contributed by atoms with Gasteiger partial charge in [0.1, 0.15) is 0 Å². The summed E-state index contributed by atoms with van der Waals surface area (Å²) < 4.78 is 6.20. The van der Waals surface area contributed by atoms with Gasteiger partial charge in [-0.3, -0.25) is 9.89 Å². The zero-order valence-corrected chi connectivity index (χ0v) is 20.4. The molecule has 3 saturated heterocycles. The minimum atomic E-state index is 0.271. The molecule has 3 heterocycles. The van der Waals surface area contributed by atoms with Crippen LogP contribution in [0.4, 0.5) is 0 Å². The Morgan fingerprint density at radius 2 is 2.00 bits per heavy atom. The molecule has 0 aromatic heterocycles. The third-order valence-corrected chi connectivity index (χ3v) is 7.01. The summed E-state index contributed by atoms with van der Waals surface area (Å²) in [6, 6.07) is 11.3. The number of aliphatic imine (C=N–C) groups is 1. The lowest BCUT2D eigenvalue weighted by atomic mass is 9.97. The fourth-order valence-electron chi connectivity index (χ4n) is 5.57. The molecule has 3 unspecified atom stereocenters. The number of nitrogens with one attached hydrogen (secondary N) is 1. The van der Waals surface area contributed by atoms with E-state index in [1.54, 1.807) is 0 Å². The van der Waals surface area contributed by atoms with Crippen LogP contribution in [-0.4, -0.2) is 91.8 Å². The Labute approximate surface area is 195 Å². The van der Waals surface area contributed by atoms with Crippen molar-refractivity contribution in [2.24, 2.45) is 16.8 Å². The molecule has 32 heavy (non-hydrogen) atoms. The summed E-state index contributed by atoms with van der Waals surface area (Å²) in [5.41, 5.74) is 1.38. The predicted octanol–water partition coefficient (Wildman–Crippen LogP) is 2.91. The average molecular weight is 442 g/mol. The molecule has 178 valence electrons. The van der Waals surface area contributed by atoms with Gasteiger partial charge >= 0.3 is 0 Å². The summed E-state index contributed by atoms with van der Waals surface area (Å²) >= 11 is 0. The summed E-state index contributed by atoms with van der Waals surface area (Å²) in [5.74, 6) is 2.49. The molecule has 4 rings (SSSR count). The Bertz CT molecular complexity index is 724. The van der Waals surface area contributed by atoms with Gasteiger partial charge in [0.25, 0.3) is 0 Å². The van der Waals surface area contributed by atoms with E-state index in [0.29, 0.717) is 12.0 Å². The Balaban J connectivity index is 1.37. The van der Waals surface area contributed by atoms with Crippen molar-refractivity contribution >= 4 is 5.96 Å². The van der Waals surface area contributed by atoms with Gasteiger partial charge in [0.2, 0.25) is 0 Å². The van der Waals surface area contributed by atoms with Gasteiger partial charge < -0.3 is 19.9 Å². The first-order valence-corrected chi connectivity index (χ1v) is 12.8. The first-order chi connectivity index (χ1) is 15.6. The zero-order chi connectivity index (χ0) is 22.3. The molecule has 0 amide bonds. The number of hydrogen-bond acceptors (Lipinski definition) is 4. The van der Waals surface area contributed by atoms with E-state index in [0.717, 1.165) is 57.8 Å². The summed E-state index contributed by atoms with van der Waals surface area (Å²) in [6.45, 7) is 17.1. The number of likely N-dealkylation sites (tertiary alicyclic amines) is 2. The molecule has 3 aliphatic heterocycles. The van der Waals surface area contributed by atoms with Gasteiger partial charge in [-0.1, -0.05) is 44.2 Å². The van der Waals surface area contributed by atoms with Gasteiger partial charge in [-0.05, 0) is 43.7 Å². The van der Waals surface area contributed by atoms with E-state index in [4.69, 9.17) is 9.73 Å². The van der Waals surface area contributed by atoms with Gasteiger partial charge in [-0.25, -0.2) is 0 Å². The lowest BCUT2D eigenvalue weighted by Crippen LogP contribution is -2.50. The molecule has 0 radical (unpaired) electrons. The highest BCUT2D eigenvalue weighted by Gasteiger charge is 2.41. The molecular weight excluding hydrogens is 398 g/mol. The lowest BCUT2D eigenvalue weighted by Gasteiger charge is -2.36. The molecule has 6 heteroatoms. The highest BCUT2D eigenvalue weighted by Crippen LogP contribution is 2.25. The monoisotopic (exact) mass is 441 g/mol. The second-order valence-electron chi connectivity index (χ2n) is 10.2. The van der Waals surface area contributed by atoms with Crippen molar-refractivity contribution in [3.05, 3.63) is 35.9 Å². The molecule has 0 saturated carbocycles. The SMILES string of the molecule is CCNC(=NCC1CCCN(CC(C)C)C1)N1CC2OCCN(Cc3ccccc3)C2C1. The fourth-order valence-corrected chi connectivity index (χ4v) is 5.57. The van der Waals surface area contributed by atoms with E-state index in [1.807, 2.05) is 0 Å². The minimum Gasteiger partial charge on any atom is -0.373 e. The number of piperidine rings is 1. The van der Waals surface area contributed by atoms with Crippen molar-refractivity contribution in [3.63, 3.8) is 0 Å². The van der Waals surface area contributed by atoms with Crippen LogP contribution in [0.1, 0.15) is 39.2 Å². The van der Waals surface area contributed by atoms with Gasteiger partial charge in [0.05, 0.1) is 18.8 Å². The van der Waals surface area contributed by atoms with Gasteiger partial charge in [0, 0.05) is 52.4 Å². The molecule has 0 bridgehead atoms. The Hall–Kier alpha value is -1.63. The predicted molar refractivity (Wildman–Crippen MR) is 132 cm³/mol. The highest BCUT2D eigenvalue weighted by molar-refractivity contribution is 5.80. The first-order valence-electron chi connectivity index (χ1n) is 12.8. The van der Waals surface area contributed by atoms with Crippen LogP contribution in [0.25, 0.3) is 0 Å². The molecule has 3 atom stereocenters. The van der Waals surface area contributed by atoms with E-state index in [1.165, 1.54) is 38.0 Å². The number of morpholine rings is 1. The number of fused-ring (bicyclic) bond motifs is 1. The maximum atomic E-state index is 6.20. The average Bonchev–Trinajstić information content (AvgIpc) is 3.22. The zero-order valence-electron chi connectivity index (χ0n) is 20.4. The molecular formula is C26H43N5O. The Kier molecular flexibility index (Phi) is 8.44. The summed E-state index contributed by atoms with van der Waals surface area (Å²) in [5, 5.41) is 3.57. The molecule has 1 aromatic rings. The van der Waals surface area contributed by atoms with Crippen molar-refractivity contribution in [3.8, 4) is 0 Å². The van der Waals surface area contributed by atoms with Crippen molar-refractivity contribution < 1.29 is 4.74 Å². The number of nitrogens with zero attached hydrogens (tertiary/aromatic N) is 4. The molecule has 3 aliphatic rings. The van der Waals surface area contributed by atoms with E-state index in [-0.39, 0.29) is 6.10 Å². The maximum Gasteiger partial charge on any atom is 0.194 e. The van der Waals surface area contributed by atoms with Crippen LogP contribution in [0.5, 0.6) is 0 Å². The summed E-state index contributed by atoms with van der Waals surface area (Å²) in [7, 11) is 0. The second-order valence-corrected chi connectivity index (χ2v) is 10.2. The quantitative estimate of drug-likeness (QED) is 0.521. The Morgan fingerprint density at radius 3 is 2.78 bits per heavy atom. The van der Waals surface area contributed by atoms with Crippen LogP contribution in [0.15, 0.2) is 35.3 Å². The van der Waals surface area contributed by atoms with Crippen LogP contribution < -0.4 is 5.32 Å². The third kappa shape index (κ3) is 6.24. The second kappa shape index (κ2) is 11.5. The topological polar surface area (TPSA) is 43.3 Å². The van der Waals surface area contributed by atoms with E-state index in [9.17, 15) is 0 Å². The summed E-state index contributed by atoms with van der Waals surface area (Å²) in [6.07, 6.45) is 2.88. The van der Waals surface area contributed by atoms with Crippen molar-refractivity contribution in [2.75, 3.05) is 59.0 Å². The number of hydrogen-bond donors (Lipinski definition) is 1. The maximum absolute atomic E-state index is 6.20. The van der Waals surface area contributed by atoms with E-state index in [2.05, 4.69) is 71.1 Å². The lowest BCUT2D eigenvalue weighted by molar-refractivity contribution is -0.0502. The van der Waals surface area contributed by atoms with Crippen LogP contribution in [0, 0.1) is 11.8 Å². The number of rotatable bonds is 7. The highest BCUT2D eigenvalue weighted by atomic mass is 16.5. The van der Waals surface area contributed by atoms with Crippen LogP contribution in [0.3, 0.4) is 0 Å². The molecule has 3 fully saturated rings. The van der Waals surface area contributed by atoms with Crippen molar-refractivity contribution in [1.29, 1.82) is 0 Å². The van der Waals surface area contributed by atoms with Gasteiger partial charge in [0.15, 0.2) is 5.96 Å². The fraction of sp³-hybridized carbons (Fsp3) is 0.731. The van der Waals surface area contributed by atoms with Gasteiger partial charge in [-0.15, -0.1) is 0 Å².